The zero-order chi connectivity index (χ0) is 11.2. The molecule has 0 fully saturated rings. The molecule has 86 valence electrons. The lowest BCUT2D eigenvalue weighted by Crippen LogP contribution is -2.22. The molecule has 0 unspecified atom stereocenters. The molecule has 0 aliphatic rings. The summed E-state index contributed by atoms with van der Waals surface area (Å²) < 4.78 is 0. The van der Waals surface area contributed by atoms with Gasteiger partial charge in [-0.3, -0.25) is 0 Å². The average molecular weight is 199 g/mol. The van der Waals surface area contributed by atoms with E-state index in [4.69, 9.17) is 0 Å². The fraction of sp³-hybridized carbons (Fsp3) is 0.846. The first kappa shape index (κ1) is 16.1. The van der Waals surface area contributed by atoms with Gasteiger partial charge in [-0.2, -0.15) is 0 Å². The summed E-state index contributed by atoms with van der Waals surface area (Å²) in [6.07, 6.45) is 7.26. The molecule has 1 nitrogen and oxygen atoms in total. The van der Waals surface area contributed by atoms with Gasteiger partial charge in [-0.15, -0.1) is 6.58 Å². The molecule has 0 amide bonds. The molecular weight excluding hydrogens is 170 g/mol. The van der Waals surface area contributed by atoms with Gasteiger partial charge < -0.3 is 5.32 Å². The Morgan fingerprint density at radius 1 is 1.14 bits per heavy atom. The van der Waals surface area contributed by atoms with Crippen molar-refractivity contribution < 1.29 is 0 Å². The quantitative estimate of drug-likeness (QED) is 0.460. The van der Waals surface area contributed by atoms with Gasteiger partial charge in [0, 0.05) is 6.54 Å². The maximum atomic E-state index is 3.69. The number of hydrogen-bond acceptors (Lipinski definition) is 1. The maximum Gasteiger partial charge on any atom is 0.0132 e. The Bertz CT molecular complexity index is 93.4. The van der Waals surface area contributed by atoms with E-state index in [9.17, 15) is 0 Å². The molecule has 0 aliphatic carbocycles. The second-order valence-electron chi connectivity index (χ2n) is 3.39. The molecule has 0 aliphatic heterocycles. The summed E-state index contributed by atoms with van der Waals surface area (Å²) in [5.74, 6) is 0.875. The first-order valence-corrected chi connectivity index (χ1v) is 6.16. The lowest BCUT2D eigenvalue weighted by atomic mass is 9.98. The van der Waals surface area contributed by atoms with Crippen LogP contribution in [0.2, 0.25) is 0 Å². The first-order chi connectivity index (χ1) is 6.85. The molecule has 0 aromatic rings. The van der Waals surface area contributed by atoms with Crippen molar-refractivity contribution in [2.24, 2.45) is 5.92 Å². The summed E-state index contributed by atoms with van der Waals surface area (Å²) >= 11 is 0. The van der Waals surface area contributed by atoms with E-state index in [0.29, 0.717) is 0 Å². The van der Waals surface area contributed by atoms with Crippen LogP contribution >= 0.6 is 0 Å². The SMILES string of the molecule is C=CCNCC(CCC)CCC.CC. The van der Waals surface area contributed by atoms with Crippen molar-refractivity contribution in [1.29, 1.82) is 0 Å². The Balaban J connectivity index is 0. The zero-order valence-corrected chi connectivity index (χ0v) is 10.6. The van der Waals surface area contributed by atoms with E-state index >= 15 is 0 Å². The van der Waals surface area contributed by atoms with Crippen LogP contribution in [0.15, 0.2) is 12.7 Å². The minimum Gasteiger partial charge on any atom is -0.313 e. The van der Waals surface area contributed by atoms with Crippen molar-refractivity contribution in [2.45, 2.75) is 53.4 Å². The molecule has 0 aromatic heterocycles. The Kier molecular flexibility index (Phi) is 17.5. The van der Waals surface area contributed by atoms with Gasteiger partial charge in [0.15, 0.2) is 0 Å². The first-order valence-electron chi connectivity index (χ1n) is 6.16. The monoisotopic (exact) mass is 199 g/mol. The highest BCUT2D eigenvalue weighted by Gasteiger charge is 2.04. The molecule has 0 radical (unpaired) electrons. The van der Waals surface area contributed by atoms with Gasteiger partial charge in [0.2, 0.25) is 0 Å². The largest absolute Gasteiger partial charge is 0.313 e. The Labute approximate surface area is 91.0 Å². The minimum absolute atomic E-state index is 0.875. The van der Waals surface area contributed by atoms with Gasteiger partial charge in [0.05, 0.1) is 0 Å². The van der Waals surface area contributed by atoms with Gasteiger partial charge in [0.25, 0.3) is 0 Å². The highest BCUT2D eigenvalue weighted by atomic mass is 14.8. The van der Waals surface area contributed by atoms with Gasteiger partial charge in [-0.1, -0.05) is 46.6 Å². The van der Waals surface area contributed by atoms with Crippen LogP contribution in [0.4, 0.5) is 0 Å². The van der Waals surface area contributed by atoms with E-state index in [1.54, 1.807) is 0 Å². The van der Waals surface area contributed by atoms with E-state index in [1.165, 1.54) is 25.7 Å². The second-order valence-corrected chi connectivity index (χ2v) is 3.39. The maximum absolute atomic E-state index is 3.69. The summed E-state index contributed by atoms with van der Waals surface area (Å²) in [6.45, 7) is 14.3. The summed E-state index contributed by atoms with van der Waals surface area (Å²) in [5, 5.41) is 3.39. The highest BCUT2D eigenvalue weighted by molar-refractivity contribution is 4.71. The average Bonchev–Trinajstić information content (AvgIpc) is 2.22. The molecule has 14 heavy (non-hydrogen) atoms. The molecule has 0 spiro atoms. The van der Waals surface area contributed by atoms with Gasteiger partial charge in [0.1, 0.15) is 0 Å². The van der Waals surface area contributed by atoms with Crippen LogP contribution in [-0.2, 0) is 0 Å². The van der Waals surface area contributed by atoms with Crippen molar-refractivity contribution in [3.8, 4) is 0 Å². The number of nitrogens with one attached hydrogen (secondary N) is 1. The molecule has 0 aromatic carbocycles. The topological polar surface area (TPSA) is 12.0 Å². The Hall–Kier alpha value is -0.300. The molecule has 0 saturated heterocycles. The van der Waals surface area contributed by atoms with Crippen LogP contribution < -0.4 is 5.32 Å². The van der Waals surface area contributed by atoms with Crippen LogP contribution in [0.25, 0.3) is 0 Å². The van der Waals surface area contributed by atoms with Crippen LogP contribution in [0, 0.1) is 5.92 Å². The Morgan fingerprint density at radius 3 is 2.00 bits per heavy atom. The third-order valence-electron chi connectivity index (χ3n) is 2.12. The molecule has 0 bridgehead atoms. The van der Waals surface area contributed by atoms with Crippen LogP contribution in [0.5, 0.6) is 0 Å². The van der Waals surface area contributed by atoms with Crippen LogP contribution in [-0.4, -0.2) is 13.1 Å². The molecule has 0 atom stereocenters. The summed E-state index contributed by atoms with van der Waals surface area (Å²) in [6, 6.07) is 0. The van der Waals surface area contributed by atoms with Crippen molar-refractivity contribution >= 4 is 0 Å². The van der Waals surface area contributed by atoms with E-state index in [-0.39, 0.29) is 0 Å². The molecule has 0 rings (SSSR count). The summed E-state index contributed by atoms with van der Waals surface area (Å²) in [5.41, 5.74) is 0. The lowest BCUT2D eigenvalue weighted by molar-refractivity contribution is 0.418. The van der Waals surface area contributed by atoms with E-state index in [1.807, 2.05) is 19.9 Å². The van der Waals surface area contributed by atoms with Gasteiger partial charge in [-0.25, -0.2) is 0 Å². The highest BCUT2D eigenvalue weighted by Crippen LogP contribution is 2.11. The molecule has 1 N–H and O–H groups in total. The fourth-order valence-corrected chi connectivity index (χ4v) is 1.55. The van der Waals surface area contributed by atoms with Gasteiger partial charge >= 0.3 is 0 Å². The third kappa shape index (κ3) is 11.7. The standard InChI is InChI=1S/C11H23N.C2H6/c1-4-7-11(8-5-2)10-12-9-6-3;1-2/h6,11-12H,3-5,7-10H2,1-2H3;1-2H3. The smallest absolute Gasteiger partial charge is 0.0132 e. The van der Waals surface area contributed by atoms with Crippen LogP contribution in [0.1, 0.15) is 53.4 Å². The Morgan fingerprint density at radius 2 is 1.64 bits per heavy atom. The molecule has 1 heteroatoms. The van der Waals surface area contributed by atoms with Crippen molar-refractivity contribution in [3.63, 3.8) is 0 Å². The molecular formula is C13H29N. The third-order valence-corrected chi connectivity index (χ3v) is 2.12. The zero-order valence-electron chi connectivity index (χ0n) is 10.6. The predicted molar refractivity (Wildman–Crippen MR) is 67.7 cm³/mol. The van der Waals surface area contributed by atoms with E-state index in [2.05, 4.69) is 25.7 Å². The molecule has 0 saturated carbocycles. The minimum atomic E-state index is 0.875. The van der Waals surface area contributed by atoms with Crippen molar-refractivity contribution in [2.75, 3.05) is 13.1 Å². The summed E-state index contributed by atoms with van der Waals surface area (Å²) in [7, 11) is 0. The van der Waals surface area contributed by atoms with E-state index < -0.39 is 0 Å². The second kappa shape index (κ2) is 15.2. The number of rotatable bonds is 8. The van der Waals surface area contributed by atoms with Gasteiger partial charge in [-0.05, 0) is 25.3 Å². The molecule has 0 heterocycles. The van der Waals surface area contributed by atoms with E-state index in [0.717, 1.165) is 19.0 Å². The fourth-order valence-electron chi connectivity index (χ4n) is 1.55. The predicted octanol–water partition coefficient (Wildman–Crippen LogP) is 4.00. The summed E-state index contributed by atoms with van der Waals surface area (Å²) in [4.78, 5) is 0. The normalized spacial score (nSPS) is 9.50. The number of hydrogen-bond donors (Lipinski definition) is 1. The van der Waals surface area contributed by atoms with Crippen molar-refractivity contribution in [3.05, 3.63) is 12.7 Å². The van der Waals surface area contributed by atoms with Crippen LogP contribution in [0.3, 0.4) is 0 Å². The lowest BCUT2D eigenvalue weighted by Gasteiger charge is -2.14. The van der Waals surface area contributed by atoms with Crippen molar-refractivity contribution in [1.82, 2.24) is 5.32 Å².